The molecule has 0 fully saturated rings. The molecule has 0 radical (unpaired) electrons. The first-order valence-electron chi connectivity index (χ1n) is 5.20. The smallest absolute Gasteiger partial charge is 0.220 e. The van der Waals surface area contributed by atoms with Crippen LogP contribution in [-0.2, 0) is 4.79 Å². The molecular formula is C10H22N2O2. The van der Waals surface area contributed by atoms with Crippen LogP contribution in [0.2, 0.25) is 0 Å². The summed E-state index contributed by atoms with van der Waals surface area (Å²) >= 11 is 0. The van der Waals surface area contributed by atoms with Gasteiger partial charge in [0.2, 0.25) is 5.91 Å². The van der Waals surface area contributed by atoms with Gasteiger partial charge in [-0.1, -0.05) is 13.8 Å². The van der Waals surface area contributed by atoms with Gasteiger partial charge in [0.15, 0.2) is 0 Å². The van der Waals surface area contributed by atoms with Gasteiger partial charge in [-0.25, -0.2) is 0 Å². The van der Waals surface area contributed by atoms with Gasteiger partial charge in [-0.05, 0) is 19.9 Å². The third-order valence-corrected chi connectivity index (χ3v) is 1.73. The molecule has 3 N–H and O–H groups in total. The standard InChI is InChI=1S/C10H22N2O2/c1-8(2)11-6-4-5-10(14)12-7-9(3)13/h8-9,11,13H,4-7H2,1-3H3,(H,12,14)/t9-/m1/s1. The van der Waals surface area contributed by atoms with Crippen LogP contribution in [0.25, 0.3) is 0 Å². The number of rotatable bonds is 7. The molecule has 0 saturated heterocycles. The van der Waals surface area contributed by atoms with Crippen molar-refractivity contribution in [1.82, 2.24) is 10.6 Å². The molecule has 0 unspecified atom stereocenters. The van der Waals surface area contributed by atoms with Gasteiger partial charge in [0.1, 0.15) is 0 Å². The Bertz CT molecular complexity index is 158. The molecule has 0 aliphatic rings. The van der Waals surface area contributed by atoms with E-state index in [1.165, 1.54) is 0 Å². The minimum atomic E-state index is -0.465. The fourth-order valence-electron chi connectivity index (χ4n) is 0.990. The molecule has 0 saturated carbocycles. The molecule has 0 aromatic heterocycles. The SMILES string of the molecule is CC(C)NCCCC(=O)NC[C@@H](C)O. The van der Waals surface area contributed by atoms with E-state index in [1.54, 1.807) is 6.92 Å². The normalized spacial score (nSPS) is 12.9. The lowest BCUT2D eigenvalue weighted by Crippen LogP contribution is -2.31. The van der Waals surface area contributed by atoms with Crippen molar-refractivity contribution in [3.63, 3.8) is 0 Å². The fourth-order valence-corrected chi connectivity index (χ4v) is 0.990. The van der Waals surface area contributed by atoms with Crippen LogP contribution in [0.4, 0.5) is 0 Å². The molecule has 0 aromatic rings. The van der Waals surface area contributed by atoms with Crippen LogP contribution in [0.1, 0.15) is 33.6 Å². The number of hydrogen-bond donors (Lipinski definition) is 3. The Morgan fingerprint density at radius 3 is 2.50 bits per heavy atom. The van der Waals surface area contributed by atoms with Crippen LogP contribution in [0.3, 0.4) is 0 Å². The second-order valence-corrected chi connectivity index (χ2v) is 3.87. The number of nitrogens with one attached hydrogen (secondary N) is 2. The Labute approximate surface area is 86.1 Å². The average Bonchev–Trinajstić information content (AvgIpc) is 2.08. The van der Waals surface area contributed by atoms with Gasteiger partial charge >= 0.3 is 0 Å². The summed E-state index contributed by atoms with van der Waals surface area (Å²) in [5, 5.41) is 14.8. The Morgan fingerprint density at radius 2 is 2.00 bits per heavy atom. The van der Waals surface area contributed by atoms with Gasteiger partial charge in [0, 0.05) is 19.0 Å². The highest BCUT2D eigenvalue weighted by Gasteiger charge is 2.02. The Morgan fingerprint density at radius 1 is 1.36 bits per heavy atom. The number of carbonyl (C=O) groups is 1. The molecular weight excluding hydrogens is 180 g/mol. The first kappa shape index (κ1) is 13.4. The van der Waals surface area contributed by atoms with E-state index in [2.05, 4.69) is 24.5 Å². The second-order valence-electron chi connectivity index (χ2n) is 3.87. The van der Waals surface area contributed by atoms with Crippen LogP contribution < -0.4 is 10.6 Å². The topological polar surface area (TPSA) is 61.4 Å². The van der Waals surface area contributed by atoms with E-state index < -0.39 is 6.10 Å². The molecule has 0 rings (SSSR count). The molecule has 0 bridgehead atoms. The summed E-state index contributed by atoms with van der Waals surface area (Å²) < 4.78 is 0. The Balaban J connectivity index is 3.27. The summed E-state index contributed by atoms with van der Waals surface area (Å²) in [6.45, 7) is 7.01. The Kier molecular flexibility index (Phi) is 7.42. The minimum Gasteiger partial charge on any atom is -0.392 e. The summed E-state index contributed by atoms with van der Waals surface area (Å²) in [5.74, 6) is 0.0106. The zero-order valence-electron chi connectivity index (χ0n) is 9.34. The maximum atomic E-state index is 11.1. The molecule has 1 atom stereocenters. The Hall–Kier alpha value is -0.610. The van der Waals surface area contributed by atoms with Gasteiger partial charge in [0.25, 0.3) is 0 Å². The monoisotopic (exact) mass is 202 g/mol. The molecule has 0 aliphatic carbocycles. The molecule has 0 aromatic carbocycles. The maximum absolute atomic E-state index is 11.1. The van der Waals surface area contributed by atoms with Crippen molar-refractivity contribution in [2.24, 2.45) is 0 Å². The number of carbonyl (C=O) groups excluding carboxylic acids is 1. The van der Waals surface area contributed by atoms with Crippen LogP contribution >= 0.6 is 0 Å². The summed E-state index contributed by atoms with van der Waals surface area (Å²) in [6.07, 6.45) is 0.892. The maximum Gasteiger partial charge on any atom is 0.220 e. The van der Waals surface area contributed by atoms with Crippen molar-refractivity contribution in [1.29, 1.82) is 0 Å². The number of amides is 1. The molecule has 14 heavy (non-hydrogen) atoms. The lowest BCUT2D eigenvalue weighted by molar-refractivity contribution is -0.121. The summed E-state index contributed by atoms with van der Waals surface area (Å²) in [4.78, 5) is 11.1. The highest BCUT2D eigenvalue weighted by atomic mass is 16.3. The van der Waals surface area contributed by atoms with Crippen LogP contribution in [0, 0.1) is 0 Å². The van der Waals surface area contributed by atoms with Crippen molar-refractivity contribution in [3.05, 3.63) is 0 Å². The number of aliphatic hydroxyl groups excluding tert-OH is 1. The minimum absolute atomic E-state index is 0.0106. The average molecular weight is 202 g/mol. The highest BCUT2D eigenvalue weighted by Crippen LogP contribution is 1.88. The summed E-state index contributed by atoms with van der Waals surface area (Å²) in [5.41, 5.74) is 0. The zero-order valence-corrected chi connectivity index (χ0v) is 9.34. The predicted octanol–water partition coefficient (Wildman–Crippen LogP) is 0.262. The van der Waals surface area contributed by atoms with Gasteiger partial charge in [-0.2, -0.15) is 0 Å². The van der Waals surface area contributed by atoms with Gasteiger partial charge in [-0.3, -0.25) is 4.79 Å². The van der Waals surface area contributed by atoms with E-state index >= 15 is 0 Å². The van der Waals surface area contributed by atoms with E-state index in [4.69, 9.17) is 5.11 Å². The van der Waals surface area contributed by atoms with Gasteiger partial charge in [-0.15, -0.1) is 0 Å². The fraction of sp³-hybridized carbons (Fsp3) is 0.900. The van der Waals surface area contributed by atoms with Crippen molar-refractivity contribution < 1.29 is 9.90 Å². The third-order valence-electron chi connectivity index (χ3n) is 1.73. The van der Waals surface area contributed by atoms with Crippen molar-refractivity contribution in [3.8, 4) is 0 Å². The van der Waals surface area contributed by atoms with Crippen LogP contribution in [-0.4, -0.2) is 36.2 Å². The highest BCUT2D eigenvalue weighted by molar-refractivity contribution is 5.75. The molecule has 1 amide bonds. The second kappa shape index (κ2) is 7.76. The molecule has 84 valence electrons. The van der Waals surface area contributed by atoms with Crippen molar-refractivity contribution in [2.45, 2.75) is 45.8 Å². The summed E-state index contributed by atoms with van der Waals surface area (Å²) in [7, 11) is 0. The van der Waals surface area contributed by atoms with Crippen molar-refractivity contribution in [2.75, 3.05) is 13.1 Å². The molecule has 4 nitrogen and oxygen atoms in total. The van der Waals surface area contributed by atoms with E-state index in [1.807, 2.05) is 0 Å². The van der Waals surface area contributed by atoms with Gasteiger partial charge in [0.05, 0.1) is 6.10 Å². The lowest BCUT2D eigenvalue weighted by Gasteiger charge is -2.09. The third kappa shape index (κ3) is 9.48. The van der Waals surface area contributed by atoms with E-state index in [0.29, 0.717) is 19.0 Å². The molecule has 0 heterocycles. The largest absolute Gasteiger partial charge is 0.392 e. The van der Waals surface area contributed by atoms with Crippen molar-refractivity contribution >= 4 is 5.91 Å². The first-order valence-corrected chi connectivity index (χ1v) is 5.20. The first-order chi connectivity index (χ1) is 6.52. The lowest BCUT2D eigenvalue weighted by atomic mass is 10.2. The van der Waals surface area contributed by atoms with E-state index in [0.717, 1.165) is 13.0 Å². The molecule has 0 aliphatic heterocycles. The van der Waals surface area contributed by atoms with Gasteiger partial charge < -0.3 is 15.7 Å². The summed E-state index contributed by atoms with van der Waals surface area (Å²) in [6, 6.07) is 0.468. The number of aliphatic hydroxyl groups is 1. The van der Waals surface area contributed by atoms with E-state index in [-0.39, 0.29) is 5.91 Å². The number of hydrogen-bond acceptors (Lipinski definition) is 3. The quantitative estimate of drug-likeness (QED) is 0.519. The van der Waals surface area contributed by atoms with E-state index in [9.17, 15) is 4.79 Å². The molecule has 4 heteroatoms. The predicted molar refractivity (Wildman–Crippen MR) is 57.1 cm³/mol. The molecule has 0 spiro atoms. The van der Waals surface area contributed by atoms with Crippen LogP contribution in [0.15, 0.2) is 0 Å². The van der Waals surface area contributed by atoms with Crippen LogP contribution in [0.5, 0.6) is 0 Å². The zero-order chi connectivity index (χ0) is 11.0.